The third-order valence-electron chi connectivity index (χ3n) is 1.06. The predicted octanol–water partition coefficient (Wildman–Crippen LogP) is -5.84. The quantitative estimate of drug-likeness (QED) is 0.434. The van der Waals surface area contributed by atoms with Crippen molar-refractivity contribution < 1.29 is 29.7 Å². The first kappa shape index (κ1) is 15.5. The van der Waals surface area contributed by atoms with E-state index in [4.69, 9.17) is 0 Å². The summed E-state index contributed by atoms with van der Waals surface area (Å²) in [6.07, 6.45) is 0. The van der Waals surface area contributed by atoms with E-state index in [0.717, 1.165) is 0 Å². The Balaban J connectivity index is 0. The average Bonchev–Trinajstić information content (AvgIpc) is 1.80. The summed E-state index contributed by atoms with van der Waals surface area (Å²) in [6, 6.07) is 0. The Morgan fingerprint density at radius 2 is 1.00 bits per heavy atom. The SMILES string of the molecule is O=C([O-])CN(CC(=O)[O-])CC(=O)[O-].[Ga+3]. The monoisotopic (exact) mass is 257 g/mol. The van der Waals surface area contributed by atoms with E-state index >= 15 is 0 Å². The van der Waals surface area contributed by atoms with Gasteiger partial charge in [0.25, 0.3) is 0 Å². The average molecular weight is 258 g/mol. The summed E-state index contributed by atoms with van der Waals surface area (Å²) < 4.78 is 0. The van der Waals surface area contributed by atoms with Gasteiger partial charge in [0.2, 0.25) is 0 Å². The van der Waals surface area contributed by atoms with Crippen molar-refractivity contribution >= 4 is 37.7 Å². The Hall–Kier alpha value is -0.994. The van der Waals surface area contributed by atoms with Gasteiger partial charge in [-0.25, -0.2) is 0 Å². The number of hydrogen-bond donors (Lipinski definition) is 0. The van der Waals surface area contributed by atoms with E-state index in [1.54, 1.807) is 0 Å². The number of nitrogens with zero attached hydrogens (tertiary/aromatic N) is 1. The molecule has 0 saturated carbocycles. The van der Waals surface area contributed by atoms with Crippen molar-refractivity contribution in [2.24, 2.45) is 0 Å². The fourth-order valence-corrected chi connectivity index (χ4v) is 0.715. The minimum absolute atomic E-state index is 0. The summed E-state index contributed by atoms with van der Waals surface area (Å²) in [4.78, 5) is 30.6. The molecule has 8 heteroatoms. The Labute approximate surface area is 92.4 Å². The van der Waals surface area contributed by atoms with Crippen molar-refractivity contribution in [1.82, 2.24) is 4.90 Å². The molecule has 0 aliphatic rings. The smallest absolute Gasteiger partial charge is 0.549 e. The molecular formula is C6H6GaNO6. The minimum atomic E-state index is -1.57. The molecule has 0 bridgehead atoms. The maximum atomic E-state index is 9.99. The molecule has 7 nitrogen and oxygen atoms in total. The normalized spacial score (nSPS) is 9.21. The van der Waals surface area contributed by atoms with Gasteiger partial charge < -0.3 is 29.7 Å². The number of carboxylic acids is 3. The van der Waals surface area contributed by atoms with E-state index in [2.05, 4.69) is 0 Å². The number of hydrogen-bond acceptors (Lipinski definition) is 7. The maximum Gasteiger partial charge on any atom is 3.00 e. The molecule has 0 aromatic carbocycles. The Morgan fingerprint density at radius 3 is 1.14 bits per heavy atom. The van der Waals surface area contributed by atoms with Crippen LogP contribution in [0.25, 0.3) is 0 Å². The predicted molar refractivity (Wildman–Crippen MR) is 37.2 cm³/mol. The van der Waals surface area contributed by atoms with Gasteiger partial charge in [-0.3, -0.25) is 4.90 Å². The van der Waals surface area contributed by atoms with E-state index in [9.17, 15) is 29.7 Å². The van der Waals surface area contributed by atoms with Crippen LogP contribution in [-0.2, 0) is 14.4 Å². The van der Waals surface area contributed by atoms with Crippen LogP contribution in [-0.4, -0.2) is 62.2 Å². The van der Waals surface area contributed by atoms with Crippen LogP contribution >= 0.6 is 0 Å². The van der Waals surface area contributed by atoms with Crippen LogP contribution in [0.3, 0.4) is 0 Å². The zero-order valence-corrected chi connectivity index (χ0v) is 9.52. The summed E-state index contributed by atoms with van der Waals surface area (Å²) in [5.41, 5.74) is 0. The van der Waals surface area contributed by atoms with Crippen molar-refractivity contribution in [2.45, 2.75) is 0 Å². The van der Waals surface area contributed by atoms with Gasteiger partial charge in [-0.05, 0) is 0 Å². The molecule has 0 rings (SSSR count). The van der Waals surface area contributed by atoms with E-state index in [-0.39, 0.29) is 19.8 Å². The van der Waals surface area contributed by atoms with E-state index in [1.165, 1.54) is 0 Å². The molecule has 0 spiro atoms. The van der Waals surface area contributed by atoms with Crippen molar-refractivity contribution in [3.8, 4) is 0 Å². The second-order valence-electron chi connectivity index (χ2n) is 2.26. The Kier molecular flexibility index (Phi) is 8.20. The standard InChI is InChI=1S/C6H9NO6.Ga/c8-4(9)1-7(2-5(10)11)3-6(12)13;/h1-3H2,(H,8,9)(H,10,11)(H,12,13);/q;+3/p-3. The molecule has 0 atom stereocenters. The zero-order chi connectivity index (χ0) is 10.4. The number of carbonyl (C=O) groups excluding carboxylic acids is 3. The molecule has 14 heavy (non-hydrogen) atoms. The summed E-state index contributed by atoms with van der Waals surface area (Å²) in [6.45, 7) is -2.37. The molecular weight excluding hydrogens is 252 g/mol. The third-order valence-corrected chi connectivity index (χ3v) is 1.06. The summed E-state index contributed by atoms with van der Waals surface area (Å²) in [5, 5.41) is 30.0. The molecule has 0 fully saturated rings. The first-order chi connectivity index (χ1) is 5.91. The zero-order valence-electron chi connectivity index (χ0n) is 7.10. The van der Waals surface area contributed by atoms with Crippen molar-refractivity contribution in [3.63, 3.8) is 0 Å². The van der Waals surface area contributed by atoms with Crippen molar-refractivity contribution in [1.29, 1.82) is 0 Å². The van der Waals surface area contributed by atoms with Crippen LogP contribution < -0.4 is 15.3 Å². The van der Waals surface area contributed by atoms with Crippen LogP contribution in [0.15, 0.2) is 0 Å². The second kappa shape index (κ2) is 7.41. The van der Waals surface area contributed by atoms with Gasteiger partial charge in [0.05, 0.1) is 17.9 Å². The molecule has 0 amide bonds. The van der Waals surface area contributed by atoms with Crippen molar-refractivity contribution in [2.75, 3.05) is 19.6 Å². The molecule has 0 aromatic rings. The Bertz CT molecular complexity index is 192. The van der Waals surface area contributed by atoms with Gasteiger partial charge in [0.15, 0.2) is 0 Å². The molecule has 0 N–H and O–H groups in total. The minimum Gasteiger partial charge on any atom is -0.549 e. The number of carboxylic acid groups (broad SMARTS) is 3. The fraction of sp³-hybridized carbons (Fsp3) is 0.500. The molecule has 0 saturated heterocycles. The fourth-order valence-electron chi connectivity index (χ4n) is 0.715. The molecule has 0 aromatic heterocycles. The van der Waals surface area contributed by atoms with Gasteiger partial charge >= 0.3 is 19.8 Å². The first-order valence-corrected chi connectivity index (χ1v) is 3.23. The van der Waals surface area contributed by atoms with Gasteiger partial charge in [-0.15, -0.1) is 0 Å². The van der Waals surface area contributed by atoms with Crippen molar-refractivity contribution in [3.05, 3.63) is 0 Å². The molecule has 0 aliphatic carbocycles. The molecule has 74 valence electrons. The largest absolute Gasteiger partial charge is 3.00 e. The van der Waals surface area contributed by atoms with Crippen LogP contribution in [0.5, 0.6) is 0 Å². The van der Waals surface area contributed by atoms with Gasteiger partial charge in [0.1, 0.15) is 0 Å². The second-order valence-corrected chi connectivity index (χ2v) is 2.26. The van der Waals surface area contributed by atoms with Crippen LogP contribution in [0.4, 0.5) is 0 Å². The maximum absolute atomic E-state index is 9.99. The number of rotatable bonds is 6. The van der Waals surface area contributed by atoms with Crippen LogP contribution in [0, 0.1) is 0 Å². The molecule has 0 unspecified atom stereocenters. The van der Waals surface area contributed by atoms with E-state index in [1.807, 2.05) is 0 Å². The topological polar surface area (TPSA) is 124 Å². The van der Waals surface area contributed by atoms with E-state index < -0.39 is 37.5 Å². The first-order valence-electron chi connectivity index (χ1n) is 3.23. The van der Waals surface area contributed by atoms with Gasteiger partial charge in [-0.2, -0.15) is 0 Å². The molecule has 0 heterocycles. The summed E-state index contributed by atoms with van der Waals surface area (Å²) in [7, 11) is 0. The van der Waals surface area contributed by atoms with Gasteiger partial charge in [-0.1, -0.05) is 0 Å². The van der Waals surface area contributed by atoms with Crippen LogP contribution in [0.1, 0.15) is 0 Å². The molecule has 0 radical (unpaired) electrons. The van der Waals surface area contributed by atoms with E-state index in [0.29, 0.717) is 4.90 Å². The number of carbonyl (C=O) groups is 3. The third kappa shape index (κ3) is 9.10. The summed E-state index contributed by atoms with van der Waals surface area (Å²) in [5.74, 6) is -4.70. The number of aliphatic carboxylic acids is 3. The van der Waals surface area contributed by atoms with Gasteiger partial charge in [0, 0.05) is 19.6 Å². The summed E-state index contributed by atoms with van der Waals surface area (Å²) >= 11 is 0. The van der Waals surface area contributed by atoms with Crippen LogP contribution in [0.2, 0.25) is 0 Å². The Morgan fingerprint density at radius 1 is 0.786 bits per heavy atom. The molecule has 0 aliphatic heterocycles.